The predicted octanol–water partition coefficient (Wildman–Crippen LogP) is 4.00. The van der Waals surface area contributed by atoms with Gasteiger partial charge in [0, 0.05) is 5.39 Å². The van der Waals surface area contributed by atoms with Crippen LogP contribution in [0.5, 0.6) is 0 Å². The summed E-state index contributed by atoms with van der Waals surface area (Å²) in [6, 6.07) is 14.8. The summed E-state index contributed by atoms with van der Waals surface area (Å²) >= 11 is 1.72. The lowest BCUT2D eigenvalue weighted by Crippen LogP contribution is -2.22. The fourth-order valence-corrected chi connectivity index (χ4v) is 2.97. The van der Waals surface area contributed by atoms with Gasteiger partial charge in [-0.2, -0.15) is 11.3 Å². The first-order chi connectivity index (χ1) is 9.38. The number of aromatic nitrogens is 1. The Hall–Kier alpha value is -1.71. The lowest BCUT2D eigenvalue weighted by molar-refractivity contribution is 0.619. The van der Waals surface area contributed by atoms with E-state index in [1.54, 1.807) is 11.3 Å². The zero-order valence-corrected chi connectivity index (χ0v) is 11.7. The monoisotopic (exact) mass is 268 g/mol. The number of rotatable bonds is 4. The first kappa shape index (κ1) is 12.3. The molecule has 0 aliphatic rings. The van der Waals surface area contributed by atoms with Gasteiger partial charge in [-0.05, 0) is 41.1 Å². The van der Waals surface area contributed by atoms with E-state index in [9.17, 15) is 0 Å². The van der Waals surface area contributed by atoms with E-state index in [0.717, 1.165) is 17.8 Å². The Morgan fingerprint density at radius 3 is 2.84 bits per heavy atom. The average molecular weight is 268 g/mol. The molecule has 0 radical (unpaired) electrons. The van der Waals surface area contributed by atoms with Gasteiger partial charge in [0.2, 0.25) is 0 Å². The highest BCUT2D eigenvalue weighted by molar-refractivity contribution is 7.08. The highest BCUT2D eigenvalue weighted by Gasteiger charge is 2.14. The van der Waals surface area contributed by atoms with Crippen molar-refractivity contribution in [2.75, 3.05) is 6.54 Å². The highest BCUT2D eigenvalue weighted by atomic mass is 32.1. The smallest absolute Gasteiger partial charge is 0.0759 e. The molecule has 2 heterocycles. The molecule has 19 heavy (non-hydrogen) atoms. The third-order valence-electron chi connectivity index (χ3n) is 3.20. The maximum Gasteiger partial charge on any atom is 0.0759 e. The molecule has 0 aliphatic heterocycles. The van der Waals surface area contributed by atoms with E-state index in [-0.39, 0.29) is 6.04 Å². The van der Waals surface area contributed by atoms with Crippen molar-refractivity contribution in [3.8, 4) is 0 Å². The third kappa shape index (κ3) is 2.53. The minimum Gasteiger partial charge on any atom is -0.305 e. The van der Waals surface area contributed by atoms with Crippen molar-refractivity contribution < 1.29 is 0 Å². The molecule has 1 N–H and O–H groups in total. The molecular formula is C16H16N2S. The van der Waals surface area contributed by atoms with Crippen LogP contribution in [0.4, 0.5) is 0 Å². The van der Waals surface area contributed by atoms with Gasteiger partial charge in [0.1, 0.15) is 0 Å². The Kier molecular flexibility index (Phi) is 3.58. The fourth-order valence-electron chi connectivity index (χ4n) is 2.28. The third-order valence-corrected chi connectivity index (χ3v) is 3.90. The summed E-state index contributed by atoms with van der Waals surface area (Å²) in [6.45, 7) is 3.05. The fraction of sp³-hybridized carbons (Fsp3) is 0.188. The lowest BCUT2D eigenvalue weighted by atomic mass is 10.1. The number of nitrogens with one attached hydrogen (secondary N) is 1. The SMILES string of the molecule is CCNC(c1ccsc1)c1ccc2ccccc2n1. The number of benzene rings is 1. The van der Waals surface area contributed by atoms with E-state index < -0.39 is 0 Å². The van der Waals surface area contributed by atoms with Gasteiger partial charge in [-0.25, -0.2) is 0 Å². The molecule has 3 rings (SSSR count). The maximum absolute atomic E-state index is 4.79. The molecule has 2 aromatic heterocycles. The molecule has 1 atom stereocenters. The van der Waals surface area contributed by atoms with Gasteiger partial charge in [0.25, 0.3) is 0 Å². The molecule has 0 aliphatic carbocycles. The summed E-state index contributed by atoms with van der Waals surface area (Å²) in [5.74, 6) is 0. The van der Waals surface area contributed by atoms with E-state index in [1.165, 1.54) is 10.9 Å². The van der Waals surface area contributed by atoms with Crippen LogP contribution >= 0.6 is 11.3 Å². The van der Waals surface area contributed by atoms with Crippen LogP contribution in [-0.2, 0) is 0 Å². The van der Waals surface area contributed by atoms with Crippen molar-refractivity contribution in [3.05, 3.63) is 64.5 Å². The second-order valence-corrected chi connectivity index (χ2v) is 5.26. The quantitative estimate of drug-likeness (QED) is 0.773. The van der Waals surface area contributed by atoms with Crippen LogP contribution in [0.15, 0.2) is 53.2 Å². The number of thiophene rings is 1. The van der Waals surface area contributed by atoms with Crippen molar-refractivity contribution in [1.82, 2.24) is 10.3 Å². The molecule has 2 nitrogen and oxygen atoms in total. The van der Waals surface area contributed by atoms with Gasteiger partial charge < -0.3 is 5.32 Å². The van der Waals surface area contributed by atoms with Crippen molar-refractivity contribution >= 4 is 22.2 Å². The number of pyridine rings is 1. The summed E-state index contributed by atoms with van der Waals surface area (Å²) in [7, 11) is 0. The van der Waals surface area contributed by atoms with E-state index in [0.29, 0.717) is 0 Å². The van der Waals surface area contributed by atoms with E-state index in [4.69, 9.17) is 4.98 Å². The lowest BCUT2D eigenvalue weighted by Gasteiger charge is -2.16. The predicted molar refractivity (Wildman–Crippen MR) is 81.6 cm³/mol. The Balaban J connectivity index is 2.05. The molecule has 1 aromatic carbocycles. The molecule has 0 amide bonds. The number of para-hydroxylation sites is 1. The van der Waals surface area contributed by atoms with Crippen LogP contribution in [0.1, 0.15) is 24.2 Å². The minimum atomic E-state index is 0.181. The molecule has 1 unspecified atom stereocenters. The molecule has 0 spiro atoms. The maximum atomic E-state index is 4.79. The van der Waals surface area contributed by atoms with Crippen LogP contribution in [-0.4, -0.2) is 11.5 Å². The van der Waals surface area contributed by atoms with E-state index in [1.807, 2.05) is 12.1 Å². The Bertz CT molecular complexity index is 661. The van der Waals surface area contributed by atoms with Gasteiger partial charge in [0.15, 0.2) is 0 Å². The number of nitrogens with zero attached hydrogens (tertiary/aromatic N) is 1. The van der Waals surface area contributed by atoms with Gasteiger partial charge in [0.05, 0.1) is 17.3 Å². The van der Waals surface area contributed by atoms with E-state index >= 15 is 0 Å². The molecule has 3 aromatic rings. The summed E-state index contributed by atoms with van der Waals surface area (Å²) in [5, 5.41) is 8.99. The van der Waals surface area contributed by atoms with Crippen LogP contribution in [0.25, 0.3) is 10.9 Å². The van der Waals surface area contributed by atoms with Gasteiger partial charge in [-0.1, -0.05) is 31.2 Å². The van der Waals surface area contributed by atoms with Gasteiger partial charge in [-0.3, -0.25) is 4.98 Å². The highest BCUT2D eigenvalue weighted by Crippen LogP contribution is 2.24. The van der Waals surface area contributed by atoms with Gasteiger partial charge >= 0.3 is 0 Å². The number of hydrogen-bond donors (Lipinski definition) is 1. The Morgan fingerprint density at radius 2 is 2.05 bits per heavy atom. The number of fused-ring (bicyclic) bond motifs is 1. The molecule has 0 fully saturated rings. The zero-order chi connectivity index (χ0) is 13.1. The molecule has 0 saturated heterocycles. The van der Waals surface area contributed by atoms with Crippen molar-refractivity contribution in [1.29, 1.82) is 0 Å². The van der Waals surface area contributed by atoms with Crippen molar-refractivity contribution in [2.45, 2.75) is 13.0 Å². The summed E-state index contributed by atoms with van der Waals surface area (Å²) in [5.41, 5.74) is 3.42. The molecule has 0 bridgehead atoms. The van der Waals surface area contributed by atoms with Crippen molar-refractivity contribution in [3.63, 3.8) is 0 Å². The first-order valence-electron chi connectivity index (χ1n) is 6.49. The number of hydrogen-bond acceptors (Lipinski definition) is 3. The summed E-state index contributed by atoms with van der Waals surface area (Å²) in [6.07, 6.45) is 0. The summed E-state index contributed by atoms with van der Waals surface area (Å²) in [4.78, 5) is 4.79. The van der Waals surface area contributed by atoms with Crippen LogP contribution in [0.2, 0.25) is 0 Å². The van der Waals surface area contributed by atoms with Crippen molar-refractivity contribution in [2.24, 2.45) is 0 Å². The van der Waals surface area contributed by atoms with Gasteiger partial charge in [-0.15, -0.1) is 0 Å². The second-order valence-electron chi connectivity index (χ2n) is 4.48. The molecular weight excluding hydrogens is 252 g/mol. The molecule has 0 saturated carbocycles. The second kappa shape index (κ2) is 5.51. The largest absolute Gasteiger partial charge is 0.305 e. The zero-order valence-electron chi connectivity index (χ0n) is 10.8. The standard InChI is InChI=1S/C16H16N2S/c1-2-17-16(13-9-10-19-11-13)15-8-7-12-5-3-4-6-14(12)18-15/h3-11,16-17H,2H2,1H3. The first-order valence-corrected chi connectivity index (χ1v) is 7.44. The van der Waals surface area contributed by atoms with E-state index in [2.05, 4.69) is 53.3 Å². The average Bonchev–Trinajstić information content (AvgIpc) is 2.98. The van der Waals surface area contributed by atoms with Crippen LogP contribution in [0.3, 0.4) is 0 Å². The van der Waals surface area contributed by atoms with Crippen LogP contribution < -0.4 is 5.32 Å². The Morgan fingerprint density at radius 1 is 1.16 bits per heavy atom. The van der Waals surface area contributed by atoms with Crippen LogP contribution in [0, 0.1) is 0 Å². The molecule has 96 valence electrons. The minimum absolute atomic E-state index is 0.181. The summed E-state index contributed by atoms with van der Waals surface area (Å²) < 4.78 is 0. The Labute approximate surface area is 117 Å². The topological polar surface area (TPSA) is 24.9 Å². The molecule has 3 heteroatoms. The normalized spacial score (nSPS) is 12.7.